The summed E-state index contributed by atoms with van der Waals surface area (Å²) in [5.74, 6) is -5.66. The van der Waals surface area contributed by atoms with E-state index < -0.39 is 34.7 Å². The van der Waals surface area contributed by atoms with Crippen molar-refractivity contribution in [3.63, 3.8) is 0 Å². The Hall–Kier alpha value is -2.93. The van der Waals surface area contributed by atoms with Crippen molar-refractivity contribution < 1.29 is 28.6 Å². The third-order valence-corrected chi connectivity index (χ3v) is 5.60. The Labute approximate surface area is 170 Å². The summed E-state index contributed by atoms with van der Waals surface area (Å²) in [5.41, 5.74) is -1.44. The normalized spacial score (nSPS) is 13.4. The van der Waals surface area contributed by atoms with Crippen molar-refractivity contribution >= 4 is 34.4 Å². The maximum absolute atomic E-state index is 14.9. The number of carbonyl (C=O) groups excluding carboxylic acids is 1. The molecule has 1 atom stereocenters. The summed E-state index contributed by atoms with van der Waals surface area (Å²) in [4.78, 5) is 25.2. The first-order valence-electron chi connectivity index (χ1n) is 8.80. The van der Waals surface area contributed by atoms with Crippen LogP contribution in [-0.2, 0) is 10.2 Å². The van der Waals surface area contributed by atoms with Crippen LogP contribution in [0, 0.1) is 18.6 Å². The van der Waals surface area contributed by atoms with Crippen LogP contribution >= 0.6 is 11.6 Å². The maximum Gasteiger partial charge on any atom is 0.313 e. The molecule has 0 saturated carbocycles. The van der Waals surface area contributed by atoms with Gasteiger partial charge < -0.3 is 10.2 Å². The number of aromatic nitrogens is 1. The number of benzene rings is 2. The predicted octanol–water partition coefficient (Wildman–Crippen LogP) is 5.03. The lowest BCUT2D eigenvalue weighted by Gasteiger charge is -2.24. The Kier molecular flexibility index (Phi) is 5.13. The zero-order chi connectivity index (χ0) is 21.7. The number of hydrogen-bond donors (Lipinski definition) is 2. The van der Waals surface area contributed by atoms with E-state index in [1.807, 2.05) is 0 Å². The van der Waals surface area contributed by atoms with Crippen LogP contribution in [0.25, 0.3) is 10.9 Å². The molecule has 5 nitrogen and oxygen atoms in total. The van der Waals surface area contributed by atoms with Gasteiger partial charge in [0.05, 0.1) is 10.9 Å². The zero-order valence-corrected chi connectivity index (χ0v) is 16.6. The highest BCUT2D eigenvalue weighted by Crippen LogP contribution is 2.42. The average molecular weight is 422 g/mol. The van der Waals surface area contributed by atoms with E-state index in [1.54, 1.807) is 19.1 Å². The lowest BCUT2D eigenvalue weighted by molar-refractivity contribution is -0.143. The number of carboxylic acids is 1. The summed E-state index contributed by atoms with van der Waals surface area (Å²) in [6.45, 7) is 4.46. The summed E-state index contributed by atoms with van der Waals surface area (Å²) >= 11 is 5.96. The minimum Gasteiger partial charge on any atom is -0.503 e. The van der Waals surface area contributed by atoms with Crippen molar-refractivity contribution in [1.29, 1.82) is 0 Å². The van der Waals surface area contributed by atoms with Crippen molar-refractivity contribution in [2.24, 2.45) is 0 Å². The second-order valence-corrected chi connectivity index (χ2v) is 7.45. The van der Waals surface area contributed by atoms with Gasteiger partial charge in [-0.3, -0.25) is 14.2 Å². The van der Waals surface area contributed by atoms with Gasteiger partial charge in [-0.25, -0.2) is 8.78 Å². The molecule has 8 heteroatoms. The fraction of sp³-hybridized carbons (Fsp3) is 0.238. The minimum atomic E-state index is -1.58. The number of fused-ring (bicyclic) bond motifs is 1. The van der Waals surface area contributed by atoms with Crippen molar-refractivity contribution in [2.45, 2.75) is 32.6 Å². The Balaban J connectivity index is 2.48. The predicted molar refractivity (Wildman–Crippen MR) is 105 cm³/mol. The van der Waals surface area contributed by atoms with Gasteiger partial charge >= 0.3 is 5.97 Å². The highest BCUT2D eigenvalue weighted by Gasteiger charge is 2.40. The van der Waals surface area contributed by atoms with Gasteiger partial charge in [-0.05, 0) is 38.5 Å². The molecule has 29 heavy (non-hydrogen) atoms. The quantitative estimate of drug-likeness (QED) is 0.619. The maximum atomic E-state index is 14.9. The van der Waals surface area contributed by atoms with Crippen molar-refractivity contribution in [3.8, 4) is 5.75 Å². The lowest BCUT2D eigenvalue weighted by atomic mass is 9.78. The molecule has 2 N–H and O–H groups in total. The van der Waals surface area contributed by atoms with Crippen LogP contribution in [0.15, 0.2) is 30.3 Å². The number of phenolic OH excluding ortho intramolecular Hbond substituents is 1. The fourth-order valence-corrected chi connectivity index (χ4v) is 3.80. The van der Waals surface area contributed by atoms with E-state index >= 15 is 0 Å². The summed E-state index contributed by atoms with van der Waals surface area (Å²) in [6.07, 6.45) is 0.0746. The monoisotopic (exact) mass is 421 g/mol. The number of halogens is 3. The third-order valence-electron chi connectivity index (χ3n) is 5.37. The second-order valence-electron chi connectivity index (χ2n) is 7.02. The van der Waals surface area contributed by atoms with Crippen LogP contribution in [0.2, 0.25) is 5.02 Å². The average Bonchev–Trinajstić information content (AvgIpc) is 2.97. The molecule has 0 spiro atoms. The number of aliphatic carboxylic acids is 1. The Bertz CT molecular complexity index is 1170. The molecule has 2 aromatic carbocycles. The molecular weight excluding hydrogens is 404 g/mol. The van der Waals surface area contributed by atoms with E-state index in [4.69, 9.17) is 11.6 Å². The molecule has 152 valence electrons. The lowest BCUT2D eigenvalue weighted by Crippen LogP contribution is -2.32. The number of rotatable bonds is 4. The van der Waals surface area contributed by atoms with Crippen molar-refractivity contribution in [3.05, 3.63) is 63.8 Å². The van der Waals surface area contributed by atoms with Crippen LogP contribution in [-0.4, -0.2) is 26.7 Å². The van der Waals surface area contributed by atoms with Gasteiger partial charge in [0.2, 0.25) is 0 Å². The third kappa shape index (κ3) is 3.06. The second kappa shape index (κ2) is 7.15. The highest BCUT2D eigenvalue weighted by molar-refractivity contribution is 6.31. The Morgan fingerprint density at radius 2 is 1.90 bits per heavy atom. The van der Waals surface area contributed by atoms with Gasteiger partial charge in [-0.2, -0.15) is 0 Å². The van der Waals surface area contributed by atoms with Gasteiger partial charge in [0.15, 0.2) is 17.4 Å². The Morgan fingerprint density at radius 3 is 2.45 bits per heavy atom. The molecule has 1 heterocycles. The van der Waals surface area contributed by atoms with E-state index in [1.165, 1.54) is 26.0 Å². The van der Waals surface area contributed by atoms with Gasteiger partial charge in [-0.15, -0.1) is 0 Å². The minimum absolute atomic E-state index is 0.00526. The van der Waals surface area contributed by atoms with Gasteiger partial charge in [0.25, 0.3) is 5.91 Å². The molecule has 1 aromatic heterocycles. The summed E-state index contributed by atoms with van der Waals surface area (Å²) in [7, 11) is 0. The van der Waals surface area contributed by atoms with Crippen molar-refractivity contribution in [2.75, 3.05) is 0 Å². The standard InChI is InChI=1S/C21H18ClF2NO4/c1-4-21(3,20(28)29)16-10(2)25(19(27)11-6-5-7-12(22)8-11)14-9-13(23)18(26)17(24)15(14)16/h5-9,26H,4H2,1-3H3,(H,28,29)/t21-/m1/s1. The van der Waals surface area contributed by atoms with E-state index in [0.29, 0.717) is 5.02 Å². The smallest absolute Gasteiger partial charge is 0.313 e. The zero-order valence-electron chi connectivity index (χ0n) is 15.9. The molecule has 0 aliphatic rings. The van der Waals surface area contributed by atoms with Crippen LogP contribution in [0.4, 0.5) is 8.78 Å². The van der Waals surface area contributed by atoms with E-state index in [2.05, 4.69) is 0 Å². The van der Waals surface area contributed by atoms with Crippen LogP contribution in [0.1, 0.15) is 41.9 Å². The van der Waals surface area contributed by atoms with E-state index in [0.717, 1.165) is 10.6 Å². The fourth-order valence-electron chi connectivity index (χ4n) is 3.61. The molecule has 3 rings (SSSR count). The first-order valence-corrected chi connectivity index (χ1v) is 9.18. The molecule has 0 amide bonds. The molecule has 0 aliphatic carbocycles. The summed E-state index contributed by atoms with van der Waals surface area (Å²) in [6, 6.07) is 6.84. The number of carboxylic acid groups (broad SMARTS) is 1. The number of carbonyl (C=O) groups is 2. The van der Waals surface area contributed by atoms with Gasteiger partial charge in [0, 0.05) is 33.3 Å². The molecule has 0 radical (unpaired) electrons. The van der Waals surface area contributed by atoms with Crippen LogP contribution in [0.5, 0.6) is 5.75 Å². The highest BCUT2D eigenvalue weighted by atomic mass is 35.5. The Morgan fingerprint density at radius 1 is 1.24 bits per heavy atom. The van der Waals surface area contributed by atoms with Crippen LogP contribution in [0.3, 0.4) is 0 Å². The molecule has 0 aliphatic heterocycles. The summed E-state index contributed by atoms with van der Waals surface area (Å²) in [5, 5.41) is 19.6. The largest absolute Gasteiger partial charge is 0.503 e. The van der Waals surface area contributed by atoms with E-state index in [-0.39, 0.29) is 34.1 Å². The molecule has 0 unspecified atom stereocenters. The SMILES string of the molecule is CC[C@@](C)(C(=O)O)c1c(C)n(C(=O)c2cccc(Cl)c2)c2cc(F)c(O)c(F)c12. The van der Waals surface area contributed by atoms with E-state index in [9.17, 15) is 28.6 Å². The number of phenols is 1. The number of hydrogen-bond acceptors (Lipinski definition) is 3. The van der Waals surface area contributed by atoms with Gasteiger partial charge in [-0.1, -0.05) is 24.6 Å². The molecule has 0 saturated heterocycles. The first kappa shape index (κ1) is 20.8. The molecule has 0 bridgehead atoms. The van der Waals surface area contributed by atoms with Gasteiger partial charge in [0.1, 0.15) is 0 Å². The number of aromatic hydroxyl groups is 1. The molecular formula is C21H18ClF2NO4. The van der Waals surface area contributed by atoms with Crippen LogP contribution < -0.4 is 0 Å². The topological polar surface area (TPSA) is 79.5 Å². The molecule has 3 aromatic rings. The first-order chi connectivity index (χ1) is 13.5. The summed E-state index contributed by atoms with van der Waals surface area (Å²) < 4.78 is 30.1. The molecule has 0 fully saturated rings. The number of nitrogens with zero attached hydrogens (tertiary/aromatic N) is 1. The van der Waals surface area contributed by atoms with Crippen molar-refractivity contribution in [1.82, 2.24) is 4.57 Å².